The normalized spacial score (nSPS) is 17.1. The quantitative estimate of drug-likeness (QED) is 0.799. The minimum atomic E-state index is -0.464. The Labute approximate surface area is 96.4 Å². The van der Waals surface area contributed by atoms with Gasteiger partial charge in [-0.15, -0.1) is 0 Å². The highest BCUT2D eigenvalue weighted by atomic mass is 16.5. The second kappa shape index (κ2) is 5.41. The first-order chi connectivity index (χ1) is 7.51. The van der Waals surface area contributed by atoms with E-state index in [1.54, 1.807) is 0 Å². The van der Waals surface area contributed by atoms with Crippen LogP contribution < -0.4 is 5.73 Å². The van der Waals surface area contributed by atoms with Crippen LogP contribution in [-0.2, 0) is 16.8 Å². The van der Waals surface area contributed by atoms with Crippen molar-refractivity contribution in [2.24, 2.45) is 5.73 Å². The van der Waals surface area contributed by atoms with Crippen LogP contribution in [0.4, 0.5) is 0 Å². The number of nitrogens with two attached hydrogens (primary N) is 1. The monoisotopic (exact) mass is 227 g/mol. The summed E-state index contributed by atoms with van der Waals surface area (Å²) >= 11 is 0. The summed E-state index contributed by atoms with van der Waals surface area (Å²) in [6.07, 6.45) is 1.40. The summed E-state index contributed by atoms with van der Waals surface area (Å²) in [6, 6.07) is 0.0216. The number of aromatic nitrogens is 2. The highest BCUT2D eigenvalue weighted by Crippen LogP contribution is 2.26. The molecule has 0 saturated heterocycles. The first-order valence-electron chi connectivity index (χ1n) is 5.74. The van der Waals surface area contributed by atoms with Gasteiger partial charge in [-0.3, -0.25) is 0 Å². The molecule has 0 spiro atoms. The number of hydrogen-bond donors (Lipinski definition) is 1. The molecule has 0 bridgehead atoms. The zero-order valence-corrected chi connectivity index (χ0v) is 10.5. The average Bonchev–Trinajstić information content (AvgIpc) is 2.66. The Hall–Kier alpha value is -0.940. The van der Waals surface area contributed by atoms with Crippen LogP contribution in [-0.4, -0.2) is 22.8 Å². The fraction of sp³-hybridized carbons (Fsp3) is 0.818. The zero-order chi connectivity index (χ0) is 12.2. The van der Waals surface area contributed by atoms with Gasteiger partial charge in [0.25, 0.3) is 0 Å². The second-order valence-corrected chi connectivity index (χ2v) is 4.21. The summed E-state index contributed by atoms with van der Waals surface area (Å²) in [7, 11) is 0. The van der Waals surface area contributed by atoms with Gasteiger partial charge in [-0.25, -0.2) is 0 Å². The lowest BCUT2D eigenvalue weighted by atomic mass is 10.0. The molecule has 5 nitrogen and oxygen atoms in total. The average molecular weight is 227 g/mol. The highest BCUT2D eigenvalue weighted by molar-refractivity contribution is 4.99. The van der Waals surface area contributed by atoms with Crippen molar-refractivity contribution < 1.29 is 9.26 Å². The van der Waals surface area contributed by atoms with E-state index in [0.29, 0.717) is 24.7 Å². The van der Waals surface area contributed by atoms with Crippen LogP contribution >= 0.6 is 0 Å². The van der Waals surface area contributed by atoms with E-state index in [9.17, 15) is 0 Å². The summed E-state index contributed by atoms with van der Waals surface area (Å²) in [5.74, 6) is 1.18. The van der Waals surface area contributed by atoms with Crippen LogP contribution in [0.25, 0.3) is 0 Å². The van der Waals surface area contributed by atoms with Crippen LogP contribution in [0.3, 0.4) is 0 Å². The van der Waals surface area contributed by atoms with E-state index in [-0.39, 0.29) is 6.04 Å². The third-order valence-corrected chi connectivity index (χ3v) is 2.58. The van der Waals surface area contributed by atoms with E-state index in [1.165, 1.54) is 0 Å². The number of ether oxygens (including phenoxy) is 1. The summed E-state index contributed by atoms with van der Waals surface area (Å²) in [6.45, 7) is 8.50. The maximum Gasteiger partial charge on any atom is 0.228 e. The third kappa shape index (κ3) is 3.02. The first kappa shape index (κ1) is 13.1. The van der Waals surface area contributed by atoms with E-state index in [2.05, 4.69) is 10.1 Å². The molecule has 0 saturated carbocycles. The molecule has 0 aliphatic heterocycles. The van der Waals surface area contributed by atoms with Crippen molar-refractivity contribution in [3.63, 3.8) is 0 Å². The molecule has 1 aromatic rings. The Morgan fingerprint density at radius 1 is 1.50 bits per heavy atom. The fourth-order valence-corrected chi connectivity index (χ4v) is 1.47. The molecule has 0 aliphatic rings. The van der Waals surface area contributed by atoms with Crippen molar-refractivity contribution in [3.8, 4) is 0 Å². The fourth-order valence-electron chi connectivity index (χ4n) is 1.47. The van der Waals surface area contributed by atoms with Gasteiger partial charge in [0.2, 0.25) is 11.7 Å². The molecule has 0 fully saturated rings. The molecular weight excluding hydrogens is 206 g/mol. The van der Waals surface area contributed by atoms with Crippen molar-refractivity contribution in [1.82, 2.24) is 10.1 Å². The number of hydrogen-bond acceptors (Lipinski definition) is 5. The van der Waals surface area contributed by atoms with Gasteiger partial charge < -0.3 is 15.0 Å². The summed E-state index contributed by atoms with van der Waals surface area (Å²) in [4.78, 5) is 4.33. The molecule has 1 rings (SSSR count). The topological polar surface area (TPSA) is 74.2 Å². The molecule has 0 amide bonds. The molecule has 1 heterocycles. The molecule has 0 aromatic carbocycles. The Kier molecular flexibility index (Phi) is 4.44. The van der Waals surface area contributed by atoms with Crippen LogP contribution in [0, 0.1) is 0 Å². The van der Waals surface area contributed by atoms with Crippen molar-refractivity contribution >= 4 is 0 Å². The van der Waals surface area contributed by atoms with Crippen LogP contribution in [0.2, 0.25) is 0 Å². The van der Waals surface area contributed by atoms with E-state index in [1.807, 2.05) is 27.7 Å². The van der Waals surface area contributed by atoms with Crippen molar-refractivity contribution in [2.75, 3.05) is 6.61 Å². The van der Waals surface area contributed by atoms with Crippen molar-refractivity contribution in [3.05, 3.63) is 11.7 Å². The van der Waals surface area contributed by atoms with Gasteiger partial charge >= 0.3 is 0 Å². The molecule has 92 valence electrons. The van der Waals surface area contributed by atoms with Gasteiger partial charge in [-0.2, -0.15) is 4.98 Å². The lowest BCUT2D eigenvalue weighted by molar-refractivity contribution is -0.0403. The van der Waals surface area contributed by atoms with E-state index in [4.69, 9.17) is 15.0 Å². The van der Waals surface area contributed by atoms with E-state index < -0.39 is 5.60 Å². The first-order valence-corrected chi connectivity index (χ1v) is 5.74. The second-order valence-electron chi connectivity index (χ2n) is 4.21. The van der Waals surface area contributed by atoms with Gasteiger partial charge in [0.05, 0.1) is 0 Å². The lowest BCUT2D eigenvalue weighted by Crippen LogP contribution is -2.26. The van der Waals surface area contributed by atoms with Gasteiger partial charge in [-0.05, 0) is 27.2 Å². The number of nitrogens with zero attached hydrogens (tertiary/aromatic N) is 2. The van der Waals surface area contributed by atoms with Gasteiger partial charge in [0, 0.05) is 19.1 Å². The largest absolute Gasteiger partial charge is 0.367 e. The summed E-state index contributed by atoms with van der Waals surface area (Å²) in [5.41, 5.74) is 5.21. The maximum atomic E-state index is 5.67. The van der Waals surface area contributed by atoms with Gasteiger partial charge in [0.1, 0.15) is 5.60 Å². The minimum Gasteiger partial charge on any atom is -0.367 e. The molecule has 16 heavy (non-hydrogen) atoms. The minimum absolute atomic E-state index is 0.0216. The number of rotatable bonds is 6. The van der Waals surface area contributed by atoms with Crippen LogP contribution in [0.5, 0.6) is 0 Å². The molecule has 0 aliphatic carbocycles. The lowest BCUT2D eigenvalue weighted by Gasteiger charge is -2.23. The molecule has 0 radical (unpaired) electrons. The molecule has 2 atom stereocenters. The van der Waals surface area contributed by atoms with Gasteiger partial charge in [0.15, 0.2) is 0 Å². The highest BCUT2D eigenvalue weighted by Gasteiger charge is 2.30. The molecule has 5 heteroatoms. The Bertz CT molecular complexity index is 325. The molecular formula is C11H21N3O2. The molecule has 2 N–H and O–H groups in total. The van der Waals surface area contributed by atoms with Gasteiger partial charge in [-0.1, -0.05) is 12.1 Å². The van der Waals surface area contributed by atoms with E-state index >= 15 is 0 Å². The van der Waals surface area contributed by atoms with Crippen molar-refractivity contribution in [2.45, 2.75) is 52.2 Å². The van der Waals surface area contributed by atoms with E-state index in [0.717, 1.165) is 6.42 Å². The van der Waals surface area contributed by atoms with Crippen LogP contribution in [0.1, 0.15) is 45.8 Å². The Morgan fingerprint density at radius 2 is 2.19 bits per heavy atom. The predicted molar refractivity (Wildman–Crippen MR) is 60.9 cm³/mol. The molecule has 1 aromatic heterocycles. The summed E-state index contributed by atoms with van der Waals surface area (Å²) < 4.78 is 10.8. The van der Waals surface area contributed by atoms with Crippen molar-refractivity contribution in [1.29, 1.82) is 0 Å². The SMILES string of the molecule is CCOC(C)(CC)c1noc(CC(C)N)n1. The molecule has 2 unspecified atom stereocenters. The maximum absolute atomic E-state index is 5.67. The van der Waals surface area contributed by atoms with Crippen LogP contribution in [0.15, 0.2) is 4.52 Å². The smallest absolute Gasteiger partial charge is 0.228 e. The Morgan fingerprint density at radius 3 is 2.69 bits per heavy atom. The summed E-state index contributed by atoms with van der Waals surface area (Å²) in [5, 5.41) is 3.96. The Balaban J connectivity index is 2.82. The predicted octanol–water partition coefficient (Wildman–Crippen LogP) is 1.62. The zero-order valence-electron chi connectivity index (χ0n) is 10.5. The standard InChI is InChI=1S/C11H21N3O2/c1-5-11(4,15-6-2)10-13-9(16-14-10)7-8(3)12/h8H,5-7,12H2,1-4H3. The third-order valence-electron chi connectivity index (χ3n) is 2.58.